The number of thiazole rings is 1. The van der Waals surface area contributed by atoms with Crippen LogP contribution in [0.5, 0.6) is 0 Å². The number of carbonyl (C=O) groups is 1. The Bertz CT molecular complexity index is 363. The van der Waals surface area contributed by atoms with Gasteiger partial charge >= 0.3 is 0 Å². The van der Waals surface area contributed by atoms with E-state index in [2.05, 4.69) is 27.9 Å². The van der Waals surface area contributed by atoms with Gasteiger partial charge in [-0.25, -0.2) is 4.98 Å². The van der Waals surface area contributed by atoms with Crippen LogP contribution in [-0.4, -0.2) is 23.5 Å². The quantitative estimate of drug-likeness (QED) is 0.806. The fourth-order valence-electron chi connectivity index (χ4n) is 1.74. The zero-order valence-electron chi connectivity index (χ0n) is 8.91. The van der Waals surface area contributed by atoms with Crippen molar-refractivity contribution in [2.75, 3.05) is 6.54 Å². The lowest BCUT2D eigenvalue weighted by molar-refractivity contribution is -0.119. The Balaban J connectivity index is 1.92. The lowest BCUT2D eigenvalue weighted by Gasteiger charge is -2.15. The van der Waals surface area contributed by atoms with Crippen molar-refractivity contribution in [1.29, 1.82) is 0 Å². The molecule has 82 valence electrons. The highest BCUT2D eigenvalue weighted by Crippen LogP contribution is 2.17. The Kier molecular flexibility index (Phi) is 3.02. The van der Waals surface area contributed by atoms with Crippen LogP contribution in [-0.2, 0) is 4.79 Å². The van der Waals surface area contributed by atoms with E-state index >= 15 is 0 Å². The van der Waals surface area contributed by atoms with Crippen molar-refractivity contribution in [3.8, 4) is 0 Å². The summed E-state index contributed by atoms with van der Waals surface area (Å²) in [7, 11) is 0. The summed E-state index contributed by atoms with van der Waals surface area (Å²) < 4.78 is 0. The predicted octanol–water partition coefficient (Wildman–Crippen LogP) is 0.991. The van der Waals surface area contributed by atoms with Gasteiger partial charge in [-0.05, 0) is 13.8 Å². The summed E-state index contributed by atoms with van der Waals surface area (Å²) in [5.74, 6) is 0.133. The average Bonchev–Trinajstić information content (AvgIpc) is 2.75. The smallest absolute Gasteiger partial charge is 0.221 e. The zero-order valence-corrected chi connectivity index (χ0v) is 9.73. The third-order valence-electron chi connectivity index (χ3n) is 2.54. The Labute approximate surface area is 93.1 Å². The minimum atomic E-state index is 0.133. The molecule has 2 unspecified atom stereocenters. The number of aromatic nitrogens is 1. The highest BCUT2D eigenvalue weighted by molar-refractivity contribution is 7.09. The van der Waals surface area contributed by atoms with Crippen LogP contribution < -0.4 is 10.6 Å². The highest BCUT2D eigenvalue weighted by atomic mass is 32.1. The van der Waals surface area contributed by atoms with Crippen molar-refractivity contribution in [1.82, 2.24) is 15.6 Å². The number of rotatable bonds is 3. The minimum absolute atomic E-state index is 0.133. The number of nitrogens with zero attached hydrogens (tertiary/aromatic N) is 1. The molecule has 0 saturated carbocycles. The third kappa shape index (κ3) is 2.54. The maximum Gasteiger partial charge on any atom is 0.221 e. The lowest BCUT2D eigenvalue weighted by atomic mass is 10.2. The summed E-state index contributed by atoms with van der Waals surface area (Å²) in [6, 6.07) is 0.460. The van der Waals surface area contributed by atoms with Crippen molar-refractivity contribution in [2.24, 2.45) is 0 Å². The summed E-state index contributed by atoms with van der Waals surface area (Å²) >= 11 is 1.66. The van der Waals surface area contributed by atoms with Crippen LogP contribution in [0.1, 0.15) is 30.1 Å². The first-order valence-corrected chi connectivity index (χ1v) is 5.98. The molecular weight excluding hydrogens is 210 g/mol. The molecule has 0 radical (unpaired) electrons. The number of hydrogen-bond donors (Lipinski definition) is 2. The van der Waals surface area contributed by atoms with E-state index in [1.54, 1.807) is 11.3 Å². The first-order chi connectivity index (χ1) is 7.15. The van der Waals surface area contributed by atoms with Gasteiger partial charge in [0, 0.05) is 30.4 Å². The maximum absolute atomic E-state index is 11.0. The van der Waals surface area contributed by atoms with Gasteiger partial charge in [-0.2, -0.15) is 0 Å². The molecule has 0 aliphatic carbocycles. The Morgan fingerprint density at radius 2 is 2.53 bits per heavy atom. The van der Waals surface area contributed by atoms with Crippen LogP contribution in [0.2, 0.25) is 0 Å². The first kappa shape index (κ1) is 10.6. The molecule has 0 aromatic carbocycles. The van der Waals surface area contributed by atoms with Crippen LogP contribution in [0.3, 0.4) is 0 Å². The normalized spacial score (nSPS) is 22.8. The topological polar surface area (TPSA) is 54.0 Å². The Morgan fingerprint density at radius 3 is 3.07 bits per heavy atom. The molecule has 4 nitrogen and oxygen atoms in total. The summed E-state index contributed by atoms with van der Waals surface area (Å²) in [6.45, 7) is 4.81. The molecule has 2 rings (SSSR count). The van der Waals surface area contributed by atoms with Gasteiger partial charge < -0.3 is 10.6 Å². The lowest BCUT2D eigenvalue weighted by Crippen LogP contribution is -2.33. The number of hydrogen-bond acceptors (Lipinski definition) is 4. The molecule has 1 aromatic rings. The van der Waals surface area contributed by atoms with Crippen molar-refractivity contribution in [2.45, 2.75) is 32.4 Å². The van der Waals surface area contributed by atoms with Gasteiger partial charge in [-0.15, -0.1) is 11.3 Å². The van der Waals surface area contributed by atoms with E-state index in [0.717, 1.165) is 17.2 Å². The molecule has 5 heteroatoms. The molecule has 2 N–H and O–H groups in total. The van der Waals surface area contributed by atoms with E-state index in [0.29, 0.717) is 6.42 Å². The van der Waals surface area contributed by atoms with E-state index in [-0.39, 0.29) is 18.0 Å². The molecule has 15 heavy (non-hydrogen) atoms. The SMILES string of the molecule is Cc1nc(C(C)NC2CNC(=O)C2)cs1. The molecule has 1 aromatic heterocycles. The summed E-state index contributed by atoms with van der Waals surface area (Å²) in [5.41, 5.74) is 1.07. The molecule has 2 heterocycles. The summed E-state index contributed by atoms with van der Waals surface area (Å²) in [5, 5.41) is 9.36. The summed E-state index contributed by atoms with van der Waals surface area (Å²) in [4.78, 5) is 15.4. The number of amides is 1. The Morgan fingerprint density at radius 1 is 1.73 bits per heavy atom. The van der Waals surface area contributed by atoms with Gasteiger partial charge in [0.2, 0.25) is 5.91 Å². The fraction of sp³-hybridized carbons (Fsp3) is 0.600. The van der Waals surface area contributed by atoms with Gasteiger partial charge in [-0.3, -0.25) is 4.79 Å². The Hall–Kier alpha value is -0.940. The molecule has 1 aliphatic heterocycles. The largest absolute Gasteiger partial charge is 0.354 e. The van der Waals surface area contributed by atoms with Crippen LogP contribution in [0.25, 0.3) is 0 Å². The van der Waals surface area contributed by atoms with Gasteiger partial charge in [0.15, 0.2) is 0 Å². The molecule has 1 aliphatic rings. The van der Waals surface area contributed by atoms with E-state index in [1.807, 2.05) is 6.92 Å². The van der Waals surface area contributed by atoms with Crippen LogP contribution in [0, 0.1) is 6.92 Å². The second-order valence-electron chi connectivity index (χ2n) is 3.88. The standard InChI is InChI=1S/C10H15N3OS/c1-6(9-5-15-7(2)13-9)12-8-3-10(14)11-4-8/h5-6,8,12H,3-4H2,1-2H3,(H,11,14). The van der Waals surface area contributed by atoms with E-state index in [1.165, 1.54) is 0 Å². The van der Waals surface area contributed by atoms with Gasteiger partial charge in [0.1, 0.15) is 0 Å². The first-order valence-electron chi connectivity index (χ1n) is 5.10. The molecule has 1 fully saturated rings. The van der Waals surface area contributed by atoms with Crippen LogP contribution in [0.4, 0.5) is 0 Å². The van der Waals surface area contributed by atoms with Crippen LogP contribution in [0.15, 0.2) is 5.38 Å². The third-order valence-corrected chi connectivity index (χ3v) is 3.34. The average molecular weight is 225 g/mol. The number of nitrogens with one attached hydrogen (secondary N) is 2. The van der Waals surface area contributed by atoms with Gasteiger partial charge in [0.05, 0.1) is 10.7 Å². The maximum atomic E-state index is 11.0. The van der Waals surface area contributed by atoms with E-state index < -0.39 is 0 Å². The van der Waals surface area contributed by atoms with E-state index in [9.17, 15) is 4.79 Å². The van der Waals surface area contributed by atoms with Crippen molar-refractivity contribution < 1.29 is 4.79 Å². The number of aryl methyl sites for hydroxylation is 1. The minimum Gasteiger partial charge on any atom is -0.354 e. The van der Waals surface area contributed by atoms with Crippen molar-refractivity contribution >= 4 is 17.2 Å². The van der Waals surface area contributed by atoms with Gasteiger partial charge in [-0.1, -0.05) is 0 Å². The molecule has 0 spiro atoms. The molecule has 1 amide bonds. The second kappa shape index (κ2) is 4.28. The fourth-order valence-corrected chi connectivity index (χ4v) is 2.45. The monoisotopic (exact) mass is 225 g/mol. The number of carbonyl (C=O) groups excluding carboxylic acids is 1. The molecule has 2 atom stereocenters. The zero-order chi connectivity index (χ0) is 10.8. The molecular formula is C10H15N3OS. The predicted molar refractivity (Wildman–Crippen MR) is 59.8 cm³/mol. The van der Waals surface area contributed by atoms with Crippen molar-refractivity contribution in [3.63, 3.8) is 0 Å². The second-order valence-corrected chi connectivity index (χ2v) is 4.95. The van der Waals surface area contributed by atoms with Crippen molar-refractivity contribution in [3.05, 3.63) is 16.1 Å². The van der Waals surface area contributed by atoms with Crippen LogP contribution >= 0.6 is 11.3 Å². The molecule has 1 saturated heterocycles. The summed E-state index contributed by atoms with van der Waals surface area (Å²) in [6.07, 6.45) is 0.577. The molecule has 0 bridgehead atoms. The van der Waals surface area contributed by atoms with Gasteiger partial charge in [0.25, 0.3) is 0 Å². The van der Waals surface area contributed by atoms with E-state index in [4.69, 9.17) is 0 Å². The highest BCUT2D eigenvalue weighted by Gasteiger charge is 2.23.